The van der Waals surface area contributed by atoms with E-state index in [0.717, 1.165) is 23.3 Å². The molecule has 1 aliphatic heterocycles. The van der Waals surface area contributed by atoms with Gasteiger partial charge in [-0.3, -0.25) is 9.59 Å². The van der Waals surface area contributed by atoms with Crippen molar-refractivity contribution in [2.45, 2.75) is 26.0 Å². The first kappa shape index (κ1) is 17.0. The molecule has 1 fully saturated rings. The number of carbonyl (C=O) groups excluding carboxylic acids is 2. The van der Waals surface area contributed by atoms with Gasteiger partial charge in [0.1, 0.15) is 18.3 Å². The second-order valence-electron chi connectivity index (χ2n) is 6.12. The molecule has 1 unspecified atom stereocenters. The van der Waals surface area contributed by atoms with Gasteiger partial charge in [0.15, 0.2) is 0 Å². The van der Waals surface area contributed by atoms with Gasteiger partial charge < -0.3 is 15.4 Å². The fourth-order valence-corrected chi connectivity index (χ4v) is 2.78. The van der Waals surface area contributed by atoms with E-state index in [0.29, 0.717) is 26.1 Å². The van der Waals surface area contributed by atoms with E-state index in [4.69, 9.17) is 4.74 Å². The molecule has 2 N–H and O–H groups in total. The van der Waals surface area contributed by atoms with Gasteiger partial charge in [-0.25, -0.2) is 0 Å². The van der Waals surface area contributed by atoms with Gasteiger partial charge in [0.25, 0.3) is 0 Å². The van der Waals surface area contributed by atoms with Crippen molar-refractivity contribution >= 4 is 11.8 Å². The first-order valence-electron chi connectivity index (χ1n) is 8.53. The monoisotopic (exact) mass is 338 g/mol. The molecule has 2 aromatic rings. The molecule has 1 atom stereocenters. The fraction of sp³-hybridized carbons (Fsp3) is 0.300. The number of hydrogen-bond donors (Lipinski definition) is 2. The van der Waals surface area contributed by atoms with E-state index in [9.17, 15) is 9.59 Å². The highest BCUT2D eigenvalue weighted by molar-refractivity contribution is 6.00. The number of nitrogens with one attached hydrogen (secondary N) is 2. The van der Waals surface area contributed by atoms with Crippen LogP contribution in [0.1, 0.15) is 24.0 Å². The molecule has 0 spiro atoms. The van der Waals surface area contributed by atoms with E-state index in [-0.39, 0.29) is 11.8 Å². The molecule has 2 amide bonds. The molecule has 3 rings (SSSR count). The van der Waals surface area contributed by atoms with Crippen LogP contribution in [-0.4, -0.2) is 18.4 Å². The first-order chi connectivity index (χ1) is 12.2. The summed E-state index contributed by atoms with van der Waals surface area (Å²) in [7, 11) is 0. The topological polar surface area (TPSA) is 67.4 Å². The second kappa shape index (κ2) is 8.33. The highest BCUT2D eigenvalue weighted by atomic mass is 16.5. The summed E-state index contributed by atoms with van der Waals surface area (Å²) in [6.45, 7) is 1.59. The van der Waals surface area contributed by atoms with Crippen LogP contribution in [0.5, 0.6) is 5.75 Å². The third kappa shape index (κ3) is 4.83. The maximum atomic E-state index is 12.1. The van der Waals surface area contributed by atoms with E-state index in [1.807, 2.05) is 54.6 Å². The number of amides is 2. The standard InChI is InChI=1S/C20H22N2O3/c23-19-18(7-4-12-21-19)20(24)22-13-15-8-10-17(11-9-15)25-14-16-5-2-1-3-6-16/h1-3,5-6,8-11,18H,4,7,12-14H2,(H,21,23)(H,22,24). The van der Waals surface area contributed by atoms with Gasteiger partial charge in [-0.2, -0.15) is 0 Å². The van der Waals surface area contributed by atoms with Gasteiger partial charge in [-0.15, -0.1) is 0 Å². The number of piperidine rings is 1. The van der Waals surface area contributed by atoms with Crippen LogP contribution in [0.4, 0.5) is 0 Å². The minimum atomic E-state index is -0.567. The number of benzene rings is 2. The van der Waals surface area contributed by atoms with Crippen LogP contribution in [0.2, 0.25) is 0 Å². The van der Waals surface area contributed by atoms with Gasteiger partial charge in [-0.05, 0) is 36.1 Å². The summed E-state index contributed by atoms with van der Waals surface area (Å²) in [4.78, 5) is 23.8. The first-order valence-corrected chi connectivity index (χ1v) is 8.53. The molecule has 25 heavy (non-hydrogen) atoms. The Morgan fingerprint density at radius 2 is 1.84 bits per heavy atom. The summed E-state index contributed by atoms with van der Waals surface area (Å²) in [5.74, 6) is -0.164. The lowest BCUT2D eigenvalue weighted by atomic mass is 9.98. The van der Waals surface area contributed by atoms with Crippen molar-refractivity contribution in [2.24, 2.45) is 5.92 Å². The van der Waals surface area contributed by atoms with Gasteiger partial charge >= 0.3 is 0 Å². The lowest BCUT2D eigenvalue weighted by molar-refractivity contribution is -0.136. The molecule has 2 aromatic carbocycles. The van der Waals surface area contributed by atoms with Gasteiger partial charge in [0.2, 0.25) is 11.8 Å². The predicted molar refractivity (Wildman–Crippen MR) is 94.8 cm³/mol. The Balaban J connectivity index is 1.47. The quantitative estimate of drug-likeness (QED) is 0.795. The molecule has 130 valence electrons. The lowest BCUT2D eigenvalue weighted by Crippen LogP contribution is -2.44. The van der Waals surface area contributed by atoms with Crippen molar-refractivity contribution in [2.75, 3.05) is 6.54 Å². The van der Waals surface area contributed by atoms with E-state index in [1.165, 1.54) is 0 Å². The predicted octanol–water partition coefficient (Wildman–Crippen LogP) is 2.41. The van der Waals surface area contributed by atoms with Crippen LogP contribution in [0.3, 0.4) is 0 Å². The van der Waals surface area contributed by atoms with Crippen LogP contribution < -0.4 is 15.4 Å². The smallest absolute Gasteiger partial charge is 0.232 e. The Bertz CT molecular complexity index is 713. The zero-order valence-corrected chi connectivity index (χ0v) is 14.0. The van der Waals surface area contributed by atoms with Gasteiger partial charge in [0, 0.05) is 13.1 Å². The van der Waals surface area contributed by atoms with Crippen molar-refractivity contribution in [3.05, 3.63) is 65.7 Å². The Morgan fingerprint density at radius 3 is 2.56 bits per heavy atom. The molecule has 5 nitrogen and oxygen atoms in total. The van der Waals surface area contributed by atoms with Crippen molar-refractivity contribution in [1.29, 1.82) is 0 Å². The Morgan fingerprint density at radius 1 is 1.08 bits per heavy atom. The molecule has 0 bridgehead atoms. The highest BCUT2D eigenvalue weighted by Gasteiger charge is 2.28. The average Bonchev–Trinajstić information content (AvgIpc) is 2.66. The third-order valence-electron chi connectivity index (χ3n) is 4.24. The van der Waals surface area contributed by atoms with E-state index in [1.54, 1.807) is 0 Å². The van der Waals surface area contributed by atoms with Crippen LogP contribution >= 0.6 is 0 Å². The minimum absolute atomic E-state index is 0.173. The summed E-state index contributed by atoms with van der Waals surface area (Å²) >= 11 is 0. The number of carbonyl (C=O) groups is 2. The lowest BCUT2D eigenvalue weighted by Gasteiger charge is -2.21. The zero-order chi connectivity index (χ0) is 17.5. The van der Waals surface area contributed by atoms with Crippen LogP contribution in [-0.2, 0) is 22.7 Å². The molecular formula is C20H22N2O3. The normalized spacial score (nSPS) is 16.8. The summed E-state index contributed by atoms with van der Waals surface area (Å²) < 4.78 is 5.74. The van der Waals surface area contributed by atoms with Gasteiger partial charge in [-0.1, -0.05) is 42.5 Å². The molecule has 1 saturated heterocycles. The largest absolute Gasteiger partial charge is 0.489 e. The summed E-state index contributed by atoms with van der Waals surface area (Å²) in [6, 6.07) is 17.6. The number of hydrogen-bond acceptors (Lipinski definition) is 3. The molecule has 0 radical (unpaired) electrons. The van der Waals surface area contributed by atoms with Crippen LogP contribution in [0, 0.1) is 5.92 Å². The molecule has 1 aliphatic rings. The van der Waals surface area contributed by atoms with Crippen LogP contribution in [0.15, 0.2) is 54.6 Å². The van der Waals surface area contributed by atoms with E-state index >= 15 is 0 Å². The Hall–Kier alpha value is -2.82. The Labute approximate surface area is 147 Å². The van der Waals surface area contributed by atoms with Crippen molar-refractivity contribution in [3.8, 4) is 5.75 Å². The molecule has 0 aliphatic carbocycles. The Kier molecular flexibility index (Phi) is 5.67. The van der Waals surface area contributed by atoms with E-state index < -0.39 is 5.92 Å². The summed E-state index contributed by atoms with van der Waals surface area (Å²) in [6.07, 6.45) is 1.46. The SMILES string of the molecule is O=C1NCCCC1C(=O)NCc1ccc(OCc2ccccc2)cc1. The second-order valence-corrected chi connectivity index (χ2v) is 6.12. The molecule has 1 heterocycles. The van der Waals surface area contributed by atoms with Crippen molar-refractivity contribution in [1.82, 2.24) is 10.6 Å². The molecule has 5 heteroatoms. The average molecular weight is 338 g/mol. The number of ether oxygens (including phenoxy) is 1. The maximum Gasteiger partial charge on any atom is 0.232 e. The molecular weight excluding hydrogens is 316 g/mol. The minimum Gasteiger partial charge on any atom is -0.489 e. The summed E-state index contributed by atoms with van der Waals surface area (Å²) in [5, 5.41) is 5.57. The summed E-state index contributed by atoms with van der Waals surface area (Å²) in [5.41, 5.74) is 2.08. The molecule has 0 aromatic heterocycles. The maximum absolute atomic E-state index is 12.1. The fourth-order valence-electron chi connectivity index (χ4n) is 2.78. The number of rotatable bonds is 6. The zero-order valence-electron chi connectivity index (χ0n) is 14.0. The molecule has 0 saturated carbocycles. The van der Waals surface area contributed by atoms with Crippen molar-refractivity contribution in [3.63, 3.8) is 0 Å². The van der Waals surface area contributed by atoms with Crippen LogP contribution in [0.25, 0.3) is 0 Å². The van der Waals surface area contributed by atoms with E-state index in [2.05, 4.69) is 10.6 Å². The van der Waals surface area contributed by atoms with Crippen molar-refractivity contribution < 1.29 is 14.3 Å². The van der Waals surface area contributed by atoms with Gasteiger partial charge in [0.05, 0.1) is 0 Å². The highest BCUT2D eigenvalue weighted by Crippen LogP contribution is 2.15. The third-order valence-corrected chi connectivity index (χ3v) is 4.24.